The summed E-state index contributed by atoms with van der Waals surface area (Å²) in [5.41, 5.74) is 1.53. The molecule has 0 spiro atoms. The van der Waals surface area contributed by atoms with Crippen molar-refractivity contribution in [3.63, 3.8) is 0 Å². The van der Waals surface area contributed by atoms with E-state index in [0.29, 0.717) is 46.3 Å². The fraction of sp³-hybridized carbons (Fsp3) is 0.448. The van der Waals surface area contributed by atoms with E-state index in [2.05, 4.69) is 13.0 Å². The summed E-state index contributed by atoms with van der Waals surface area (Å²) in [6.45, 7) is 7.83. The van der Waals surface area contributed by atoms with Crippen LogP contribution in [0.25, 0.3) is 0 Å². The molecule has 3 atom stereocenters. The molecule has 39 heavy (non-hydrogen) atoms. The van der Waals surface area contributed by atoms with Gasteiger partial charge in [0.15, 0.2) is 0 Å². The van der Waals surface area contributed by atoms with Gasteiger partial charge in [0.1, 0.15) is 11.5 Å². The Labute approximate surface area is 235 Å². The number of ether oxygens (including phenoxy) is 2. The van der Waals surface area contributed by atoms with Crippen LogP contribution in [-0.2, 0) is 16.0 Å². The van der Waals surface area contributed by atoms with Crippen LogP contribution in [0.2, 0.25) is 5.02 Å². The highest BCUT2D eigenvalue weighted by atomic mass is 35.5. The number of likely N-dealkylation sites (N-methyl/N-ethyl adjacent to an activating group) is 2. The number of hydrogen-bond acceptors (Lipinski definition) is 7. The topological polar surface area (TPSA) is 103 Å². The zero-order chi connectivity index (χ0) is 29.3. The number of nitriles is 1. The molecule has 2 unspecified atom stereocenters. The maximum atomic E-state index is 13.6. The number of nitrogens with zero attached hydrogens (tertiary/aromatic N) is 4. The third-order valence-electron chi connectivity index (χ3n) is 7.14. The Kier molecular flexibility index (Phi) is 11.8. The van der Waals surface area contributed by atoms with Crippen molar-refractivity contribution in [3.8, 4) is 17.6 Å². The predicted molar refractivity (Wildman–Crippen MR) is 151 cm³/mol. The molecule has 0 aromatic heterocycles. The average molecular weight is 557 g/mol. The Balaban J connectivity index is 2.22. The minimum absolute atomic E-state index is 0.118. The monoisotopic (exact) mass is 556 g/mol. The van der Waals surface area contributed by atoms with Crippen molar-refractivity contribution in [2.24, 2.45) is 5.92 Å². The van der Waals surface area contributed by atoms with Crippen molar-refractivity contribution in [2.75, 3.05) is 32.6 Å². The van der Waals surface area contributed by atoms with Gasteiger partial charge in [-0.25, -0.2) is 4.79 Å². The molecule has 2 aromatic rings. The van der Waals surface area contributed by atoms with Crippen LogP contribution in [0.4, 0.5) is 10.5 Å². The zero-order valence-corrected chi connectivity index (χ0v) is 24.4. The van der Waals surface area contributed by atoms with Crippen LogP contribution < -0.4 is 14.4 Å². The minimum atomic E-state index is -0.697. The van der Waals surface area contributed by atoms with Crippen LogP contribution in [0.1, 0.15) is 38.3 Å². The fourth-order valence-corrected chi connectivity index (χ4v) is 4.49. The average Bonchev–Trinajstić information content (AvgIpc) is 2.94. The van der Waals surface area contributed by atoms with Gasteiger partial charge in [-0.3, -0.25) is 19.4 Å². The molecule has 2 aromatic carbocycles. The van der Waals surface area contributed by atoms with Gasteiger partial charge in [-0.2, -0.15) is 5.26 Å². The molecule has 0 aliphatic rings. The quantitative estimate of drug-likeness (QED) is 0.336. The number of imide groups is 1. The van der Waals surface area contributed by atoms with E-state index in [1.165, 1.54) is 4.90 Å². The zero-order valence-electron chi connectivity index (χ0n) is 23.6. The van der Waals surface area contributed by atoms with E-state index in [9.17, 15) is 14.4 Å². The van der Waals surface area contributed by atoms with Gasteiger partial charge < -0.3 is 14.4 Å². The van der Waals surface area contributed by atoms with E-state index in [0.717, 1.165) is 11.3 Å². The maximum Gasteiger partial charge on any atom is 0.415 e. The van der Waals surface area contributed by atoms with E-state index < -0.39 is 18.0 Å². The smallest absolute Gasteiger partial charge is 0.415 e. The number of halogens is 1. The van der Waals surface area contributed by atoms with Crippen LogP contribution >= 0.6 is 11.6 Å². The summed E-state index contributed by atoms with van der Waals surface area (Å²) in [5.74, 6) is 0.727. The molecule has 0 radical (unpaired) electrons. The maximum absolute atomic E-state index is 13.6. The summed E-state index contributed by atoms with van der Waals surface area (Å²) in [6.07, 6.45) is 0.882. The molecule has 9 nitrogen and oxygen atoms in total. The highest BCUT2D eigenvalue weighted by molar-refractivity contribution is 6.32. The van der Waals surface area contributed by atoms with Crippen LogP contribution in [0.3, 0.4) is 0 Å². The van der Waals surface area contributed by atoms with E-state index in [1.807, 2.05) is 11.8 Å². The highest BCUT2D eigenvalue weighted by Gasteiger charge is 2.33. The minimum Gasteiger partial charge on any atom is -0.497 e. The second kappa shape index (κ2) is 14.5. The molecule has 0 aliphatic heterocycles. The number of amides is 3. The Morgan fingerprint density at radius 1 is 1.10 bits per heavy atom. The first kappa shape index (κ1) is 31.6. The predicted octanol–water partition coefficient (Wildman–Crippen LogP) is 5.08. The van der Waals surface area contributed by atoms with Crippen molar-refractivity contribution in [1.29, 1.82) is 5.26 Å². The van der Waals surface area contributed by atoms with Crippen LogP contribution in [0.5, 0.6) is 11.5 Å². The lowest BCUT2D eigenvalue weighted by Gasteiger charge is -2.38. The van der Waals surface area contributed by atoms with E-state index >= 15 is 0 Å². The van der Waals surface area contributed by atoms with Crippen molar-refractivity contribution in [3.05, 3.63) is 52.5 Å². The van der Waals surface area contributed by atoms with Crippen LogP contribution in [0, 0.1) is 24.2 Å². The third kappa shape index (κ3) is 7.71. The van der Waals surface area contributed by atoms with E-state index in [1.54, 1.807) is 71.5 Å². The summed E-state index contributed by atoms with van der Waals surface area (Å²) in [7, 11) is 5.01. The number of anilines is 1. The van der Waals surface area contributed by atoms with Gasteiger partial charge in [0, 0.05) is 24.7 Å². The second-order valence-corrected chi connectivity index (χ2v) is 9.93. The Bertz CT molecular complexity index is 1200. The lowest BCUT2D eigenvalue weighted by atomic mass is 9.96. The SMILES string of the molecule is CC[C@@H](C)C(CN(C)C(=O)Oc1ccc(OC)cc1)N(C)C(C)C(=O)N(C=O)c1ccc(CC#N)c(Cl)c1C. The van der Waals surface area contributed by atoms with Gasteiger partial charge in [0.25, 0.3) is 5.91 Å². The molecule has 0 N–H and O–H groups in total. The molecule has 2 rings (SSSR count). The van der Waals surface area contributed by atoms with Crippen molar-refractivity contribution < 1.29 is 23.9 Å². The number of rotatable bonds is 12. The highest BCUT2D eigenvalue weighted by Crippen LogP contribution is 2.31. The normalized spacial score (nSPS) is 13.1. The van der Waals surface area contributed by atoms with Crippen molar-refractivity contribution in [1.82, 2.24) is 9.80 Å². The number of methoxy groups -OCH3 is 1. The van der Waals surface area contributed by atoms with Crippen molar-refractivity contribution in [2.45, 2.75) is 52.6 Å². The van der Waals surface area contributed by atoms with Gasteiger partial charge in [-0.05, 0) is 68.3 Å². The summed E-state index contributed by atoms with van der Waals surface area (Å²) < 4.78 is 10.6. The first-order valence-corrected chi connectivity index (χ1v) is 13.1. The first-order chi connectivity index (χ1) is 18.5. The van der Waals surface area contributed by atoms with Gasteiger partial charge in [0.2, 0.25) is 6.41 Å². The molecular formula is C29H37ClN4O5. The second-order valence-electron chi connectivity index (χ2n) is 9.55. The van der Waals surface area contributed by atoms with Gasteiger partial charge in [-0.15, -0.1) is 0 Å². The largest absolute Gasteiger partial charge is 0.497 e. The lowest BCUT2D eigenvalue weighted by Crippen LogP contribution is -2.54. The molecule has 3 amide bonds. The van der Waals surface area contributed by atoms with Crippen LogP contribution in [0.15, 0.2) is 36.4 Å². The molecule has 0 fully saturated rings. The fourth-order valence-electron chi connectivity index (χ4n) is 4.26. The first-order valence-electron chi connectivity index (χ1n) is 12.7. The Hall–Kier alpha value is -3.61. The Morgan fingerprint density at radius 2 is 1.72 bits per heavy atom. The van der Waals surface area contributed by atoms with Crippen LogP contribution in [-0.4, -0.2) is 68.0 Å². The van der Waals surface area contributed by atoms with E-state index in [4.69, 9.17) is 26.3 Å². The molecule has 0 aliphatic carbocycles. The number of hydrogen-bond donors (Lipinski definition) is 0. The molecule has 0 saturated carbocycles. The third-order valence-corrected chi connectivity index (χ3v) is 7.67. The molecule has 210 valence electrons. The molecule has 10 heteroatoms. The van der Waals surface area contributed by atoms with Gasteiger partial charge in [-0.1, -0.05) is 37.9 Å². The van der Waals surface area contributed by atoms with Gasteiger partial charge >= 0.3 is 6.09 Å². The summed E-state index contributed by atoms with van der Waals surface area (Å²) in [6, 6.07) is 11.1. The molecule has 0 bridgehead atoms. The number of carbonyl (C=O) groups excluding carboxylic acids is 3. The Morgan fingerprint density at radius 3 is 2.26 bits per heavy atom. The van der Waals surface area contributed by atoms with Gasteiger partial charge in [0.05, 0.1) is 31.3 Å². The standard InChI is InChI=1S/C29H37ClN4O5/c1-8-19(2)26(17-32(5)29(37)39-24-12-10-23(38-7)11-13-24)33(6)21(4)28(36)34(18-35)25-14-9-22(15-16-31)27(30)20(25)3/h9-14,18-19,21,26H,8,15,17H2,1-7H3/t19-,21?,26?/m1/s1. The number of carbonyl (C=O) groups is 3. The number of benzene rings is 2. The molecule has 0 heterocycles. The van der Waals surface area contributed by atoms with Crippen molar-refractivity contribution >= 4 is 35.7 Å². The summed E-state index contributed by atoms with van der Waals surface area (Å²) >= 11 is 6.42. The molecule has 0 saturated heterocycles. The lowest BCUT2D eigenvalue weighted by molar-refractivity contribution is -0.126. The molecular weight excluding hydrogens is 520 g/mol. The van der Waals surface area contributed by atoms with E-state index in [-0.39, 0.29) is 18.4 Å². The summed E-state index contributed by atoms with van der Waals surface area (Å²) in [4.78, 5) is 42.9. The summed E-state index contributed by atoms with van der Waals surface area (Å²) in [5, 5.41) is 9.37.